The summed E-state index contributed by atoms with van der Waals surface area (Å²) in [7, 11) is -3.88. The minimum absolute atomic E-state index is 0.0352. The number of anilines is 1. The number of aromatic nitrogens is 4. The first kappa shape index (κ1) is 30.8. The molecule has 2 fully saturated rings. The van der Waals surface area contributed by atoms with Crippen LogP contribution in [0.4, 0.5) is 10.6 Å². The van der Waals surface area contributed by atoms with E-state index in [1.807, 2.05) is 47.2 Å². The Bertz CT molecular complexity index is 1910. The SMILES string of the molecule is CS(=O)(=O)NC(=O)c1cc(-c2ccc(N3CCC(C#N)CC3)nc2)c2c(OC3CCN(C(=O)O)CC3)nn(-c3ccccc3)c2n1. The number of sulfonamides is 1. The number of carbonyl (C=O) groups is 2. The van der Waals surface area contributed by atoms with Crippen LogP contribution in [-0.2, 0) is 10.0 Å². The van der Waals surface area contributed by atoms with E-state index in [9.17, 15) is 28.4 Å². The number of piperidine rings is 2. The van der Waals surface area contributed by atoms with Crippen molar-refractivity contribution in [1.29, 1.82) is 5.26 Å². The fraction of sp³-hybridized carbons (Fsp3) is 0.355. The highest BCUT2D eigenvalue weighted by Crippen LogP contribution is 2.38. The van der Waals surface area contributed by atoms with Crippen LogP contribution in [0.25, 0.3) is 27.8 Å². The number of likely N-dealkylation sites (tertiary alicyclic amines) is 1. The molecule has 3 aromatic heterocycles. The third-order valence-electron chi connectivity index (χ3n) is 8.17. The van der Waals surface area contributed by atoms with E-state index in [0.717, 1.165) is 24.9 Å². The first-order chi connectivity index (χ1) is 22.1. The summed E-state index contributed by atoms with van der Waals surface area (Å²) in [6.45, 7) is 2.05. The molecule has 0 aliphatic carbocycles. The molecule has 0 atom stereocenters. The molecule has 0 saturated carbocycles. The van der Waals surface area contributed by atoms with Crippen LogP contribution in [0.2, 0.25) is 0 Å². The molecule has 2 aliphatic heterocycles. The standard InChI is InChI=1S/C31H32N8O6S/c1-46(43,44)36-29(40)25-17-24(21-7-8-26(33-19-21)37-13-9-20(18-32)10-14-37)27-28(34-25)39(22-5-3-2-4-6-22)35-30(27)45-23-11-15-38(16-12-23)31(41)42/h2-8,17,19-20,23H,9-16H2,1H3,(H,36,40)(H,41,42). The maximum Gasteiger partial charge on any atom is 0.407 e. The number of nitrogens with zero attached hydrogens (tertiary/aromatic N) is 7. The number of benzene rings is 1. The van der Waals surface area contributed by atoms with Crippen LogP contribution in [0.3, 0.4) is 0 Å². The van der Waals surface area contributed by atoms with Gasteiger partial charge in [0.15, 0.2) is 5.65 Å². The Morgan fingerprint density at radius 1 is 1.04 bits per heavy atom. The van der Waals surface area contributed by atoms with Gasteiger partial charge in [-0.05, 0) is 43.2 Å². The van der Waals surface area contributed by atoms with Crippen molar-refractivity contribution in [2.75, 3.05) is 37.3 Å². The van der Waals surface area contributed by atoms with E-state index in [4.69, 9.17) is 14.8 Å². The number of hydrogen-bond acceptors (Lipinski definition) is 10. The number of ether oxygens (including phenoxy) is 1. The lowest BCUT2D eigenvalue weighted by molar-refractivity contribution is 0.0875. The van der Waals surface area contributed by atoms with E-state index in [1.165, 1.54) is 11.0 Å². The van der Waals surface area contributed by atoms with E-state index in [2.05, 4.69) is 16.0 Å². The van der Waals surface area contributed by atoms with Crippen molar-refractivity contribution in [3.63, 3.8) is 0 Å². The summed E-state index contributed by atoms with van der Waals surface area (Å²) in [5, 5.41) is 23.9. The van der Waals surface area contributed by atoms with E-state index in [1.54, 1.807) is 10.9 Å². The van der Waals surface area contributed by atoms with Crippen LogP contribution >= 0.6 is 0 Å². The molecule has 2 saturated heterocycles. The van der Waals surface area contributed by atoms with E-state index < -0.39 is 22.0 Å². The molecule has 15 heteroatoms. The Morgan fingerprint density at radius 2 is 1.76 bits per heavy atom. The Hall–Kier alpha value is -5.23. The molecule has 0 spiro atoms. The zero-order valence-electron chi connectivity index (χ0n) is 25.0. The van der Waals surface area contributed by atoms with Gasteiger partial charge in [0.25, 0.3) is 5.91 Å². The van der Waals surface area contributed by atoms with Gasteiger partial charge in [0.1, 0.15) is 17.6 Å². The minimum atomic E-state index is -3.88. The van der Waals surface area contributed by atoms with Crippen LogP contribution < -0.4 is 14.4 Å². The van der Waals surface area contributed by atoms with Crippen molar-refractivity contribution < 1.29 is 27.9 Å². The molecule has 2 amide bonds. The molecule has 2 N–H and O–H groups in total. The van der Waals surface area contributed by atoms with Gasteiger partial charge in [0.2, 0.25) is 15.9 Å². The molecule has 2 aliphatic rings. The second-order valence-electron chi connectivity index (χ2n) is 11.4. The van der Waals surface area contributed by atoms with Gasteiger partial charge in [-0.25, -0.2) is 32.6 Å². The Labute approximate surface area is 265 Å². The minimum Gasteiger partial charge on any atom is -0.473 e. The molecule has 0 bridgehead atoms. The fourth-order valence-corrected chi connectivity index (χ4v) is 6.21. The number of hydrogen-bond donors (Lipinski definition) is 2. The van der Waals surface area contributed by atoms with Crippen LogP contribution in [0.1, 0.15) is 36.2 Å². The summed E-state index contributed by atoms with van der Waals surface area (Å²) in [6.07, 6.45) is 3.70. The zero-order valence-corrected chi connectivity index (χ0v) is 25.9. The number of carbonyl (C=O) groups excluding carboxylic acids is 1. The number of nitriles is 1. The number of amides is 2. The highest BCUT2D eigenvalue weighted by molar-refractivity contribution is 7.89. The highest BCUT2D eigenvalue weighted by atomic mass is 32.2. The predicted octanol–water partition coefficient (Wildman–Crippen LogP) is 3.43. The molecule has 6 rings (SSSR count). The number of carboxylic acid groups (broad SMARTS) is 1. The third-order valence-corrected chi connectivity index (χ3v) is 8.72. The molecule has 0 unspecified atom stereocenters. The second-order valence-corrected chi connectivity index (χ2v) is 13.1. The van der Waals surface area contributed by atoms with Gasteiger partial charge >= 0.3 is 6.09 Å². The van der Waals surface area contributed by atoms with Crippen molar-refractivity contribution in [1.82, 2.24) is 29.4 Å². The zero-order chi connectivity index (χ0) is 32.4. The maximum atomic E-state index is 13.1. The van der Waals surface area contributed by atoms with Gasteiger partial charge in [-0.15, -0.1) is 5.10 Å². The van der Waals surface area contributed by atoms with Gasteiger partial charge in [0.05, 0.1) is 23.4 Å². The van der Waals surface area contributed by atoms with E-state index in [0.29, 0.717) is 61.2 Å². The number of fused-ring (bicyclic) bond motifs is 1. The summed E-state index contributed by atoms with van der Waals surface area (Å²) < 4.78 is 33.9. The summed E-state index contributed by atoms with van der Waals surface area (Å²) >= 11 is 0. The molecular weight excluding hydrogens is 612 g/mol. The van der Waals surface area contributed by atoms with Crippen LogP contribution in [0.5, 0.6) is 5.88 Å². The van der Waals surface area contributed by atoms with Crippen molar-refractivity contribution >= 4 is 38.9 Å². The Balaban J connectivity index is 1.46. The van der Waals surface area contributed by atoms with Crippen molar-refractivity contribution in [2.45, 2.75) is 31.8 Å². The van der Waals surface area contributed by atoms with E-state index in [-0.39, 0.29) is 29.2 Å². The molecule has 1 aromatic carbocycles. The average Bonchev–Trinajstić information content (AvgIpc) is 3.42. The topological polar surface area (TPSA) is 184 Å². The molecule has 46 heavy (non-hydrogen) atoms. The molecule has 4 aromatic rings. The second kappa shape index (κ2) is 12.6. The number of para-hydroxylation sites is 1. The Morgan fingerprint density at radius 3 is 2.37 bits per heavy atom. The van der Waals surface area contributed by atoms with Crippen molar-refractivity contribution in [3.8, 4) is 28.8 Å². The third kappa shape index (κ3) is 6.57. The molecule has 238 valence electrons. The van der Waals surface area contributed by atoms with Gasteiger partial charge in [0, 0.05) is 62.3 Å². The summed E-state index contributed by atoms with van der Waals surface area (Å²) in [5.74, 6) is 0.128. The monoisotopic (exact) mass is 644 g/mol. The van der Waals surface area contributed by atoms with Crippen molar-refractivity contribution in [3.05, 3.63) is 60.4 Å². The maximum absolute atomic E-state index is 13.1. The quantitative estimate of drug-likeness (QED) is 0.300. The lowest BCUT2D eigenvalue weighted by Gasteiger charge is -2.30. The highest BCUT2D eigenvalue weighted by Gasteiger charge is 2.29. The molecule has 5 heterocycles. The molecule has 0 radical (unpaired) electrons. The van der Waals surface area contributed by atoms with Crippen LogP contribution in [0.15, 0.2) is 54.7 Å². The average molecular weight is 645 g/mol. The number of rotatable bonds is 7. The Kier molecular flexibility index (Phi) is 8.46. The van der Waals surface area contributed by atoms with Crippen LogP contribution in [0, 0.1) is 17.2 Å². The molecule has 14 nitrogen and oxygen atoms in total. The lowest BCUT2D eigenvalue weighted by atomic mass is 9.98. The van der Waals surface area contributed by atoms with Gasteiger partial charge in [-0.3, -0.25) is 4.79 Å². The molecular formula is C31H32N8O6S. The summed E-state index contributed by atoms with van der Waals surface area (Å²) in [5.41, 5.74) is 1.88. The summed E-state index contributed by atoms with van der Waals surface area (Å²) in [4.78, 5) is 37.3. The lowest BCUT2D eigenvalue weighted by Crippen LogP contribution is -2.41. The largest absolute Gasteiger partial charge is 0.473 e. The van der Waals surface area contributed by atoms with Gasteiger partial charge in [-0.2, -0.15) is 5.26 Å². The van der Waals surface area contributed by atoms with Crippen LogP contribution in [-0.4, -0.2) is 88.7 Å². The predicted molar refractivity (Wildman–Crippen MR) is 168 cm³/mol. The fourth-order valence-electron chi connectivity index (χ4n) is 5.77. The normalized spacial score (nSPS) is 16.3. The van der Waals surface area contributed by atoms with Crippen molar-refractivity contribution in [2.24, 2.45) is 5.92 Å². The van der Waals surface area contributed by atoms with Gasteiger partial charge < -0.3 is 19.6 Å². The summed E-state index contributed by atoms with van der Waals surface area (Å²) in [6, 6.07) is 16.7. The number of nitrogens with one attached hydrogen (secondary N) is 1. The smallest absolute Gasteiger partial charge is 0.407 e. The van der Waals surface area contributed by atoms with Gasteiger partial charge in [-0.1, -0.05) is 18.2 Å². The van der Waals surface area contributed by atoms with E-state index >= 15 is 0 Å². The number of pyridine rings is 2. The first-order valence-electron chi connectivity index (χ1n) is 14.9. The first-order valence-corrected chi connectivity index (χ1v) is 16.8.